The first kappa shape index (κ1) is 20.3. The van der Waals surface area contributed by atoms with E-state index in [0.29, 0.717) is 30.2 Å². The Kier molecular flexibility index (Phi) is 7.23. The van der Waals surface area contributed by atoms with Gasteiger partial charge >= 0.3 is 0 Å². The summed E-state index contributed by atoms with van der Waals surface area (Å²) in [5.41, 5.74) is 2.83. The Balaban J connectivity index is 1.96. The number of nitrogens with zero attached hydrogens (tertiary/aromatic N) is 1. The molecule has 0 radical (unpaired) electrons. The number of benzene rings is 2. The molecule has 0 spiro atoms. The normalized spacial score (nSPS) is 10.2. The van der Waals surface area contributed by atoms with Crippen molar-refractivity contribution in [3.05, 3.63) is 53.6 Å². The number of nitrogens with one attached hydrogen (secondary N) is 1. The number of methoxy groups -OCH3 is 2. The molecule has 0 aliphatic rings. The summed E-state index contributed by atoms with van der Waals surface area (Å²) in [6.07, 6.45) is 0.609. The van der Waals surface area contributed by atoms with Gasteiger partial charge in [0, 0.05) is 19.2 Å². The highest BCUT2D eigenvalue weighted by molar-refractivity contribution is 5.94. The van der Waals surface area contributed by atoms with Crippen molar-refractivity contribution in [2.24, 2.45) is 0 Å². The van der Waals surface area contributed by atoms with E-state index in [1.807, 2.05) is 49.4 Å². The summed E-state index contributed by atoms with van der Waals surface area (Å²) < 4.78 is 10.5. The Hall–Kier alpha value is -3.02. The van der Waals surface area contributed by atoms with Crippen molar-refractivity contribution >= 4 is 17.5 Å². The predicted octanol–water partition coefficient (Wildman–Crippen LogP) is 3.04. The van der Waals surface area contributed by atoms with E-state index in [0.717, 1.165) is 11.1 Å². The number of rotatable bonds is 8. The van der Waals surface area contributed by atoms with Crippen molar-refractivity contribution in [1.82, 2.24) is 4.90 Å². The zero-order chi connectivity index (χ0) is 19.8. The third-order valence-electron chi connectivity index (χ3n) is 4.23. The molecule has 0 saturated carbocycles. The van der Waals surface area contributed by atoms with Gasteiger partial charge < -0.3 is 19.7 Å². The first-order chi connectivity index (χ1) is 12.9. The third kappa shape index (κ3) is 6.02. The number of amides is 2. The van der Waals surface area contributed by atoms with E-state index in [9.17, 15) is 9.59 Å². The predicted molar refractivity (Wildman–Crippen MR) is 105 cm³/mol. The minimum Gasteiger partial charge on any atom is -0.493 e. The Labute approximate surface area is 160 Å². The van der Waals surface area contributed by atoms with Crippen LogP contribution in [0.15, 0.2) is 42.5 Å². The molecule has 0 aromatic heterocycles. The molecule has 0 heterocycles. The second-order valence-corrected chi connectivity index (χ2v) is 6.29. The molecule has 0 atom stereocenters. The quantitative estimate of drug-likeness (QED) is 0.776. The number of carbonyl (C=O) groups excluding carboxylic acids is 2. The second-order valence-electron chi connectivity index (χ2n) is 6.29. The number of carbonyl (C=O) groups is 2. The second kappa shape index (κ2) is 9.62. The van der Waals surface area contributed by atoms with Gasteiger partial charge in [-0.1, -0.05) is 23.8 Å². The molecule has 2 aromatic carbocycles. The Bertz CT molecular complexity index is 787. The van der Waals surface area contributed by atoms with Crippen molar-refractivity contribution in [3.63, 3.8) is 0 Å². The van der Waals surface area contributed by atoms with E-state index in [1.165, 1.54) is 11.8 Å². The largest absolute Gasteiger partial charge is 0.493 e. The van der Waals surface area contributed by atoms with Crippen molar-refractivity contribution in [2.45, 2.75) is 20.3 Å². The molecule has 144 valence electrons. The number of aryl methyl sites for hydroxylation is 1. The van der Waals surface area contributed by atoms with Gasteiger partial charge in [-0.3, -0.25) is 9.59 Å². The highest BCUT2D eigenvalue weighted by Gasteiger charge is 2.14. The van der Waals surface area contributed by atoms with Gasteiger partial charge in [0.1, 0.15) is 0 Å². The Morgan fingerprint density at radius 2 is 1.67 bits per heavy atom. The molecule has 0 bridgehead atoms. The number of hydrogen-bond acceptors (Lipinski definition) is 4. The first-order valence-electron chi connectivity index (χ1n) is 8.76. The molecule has 0 aliphatic heterocycles. The highest BCUT2D eigenvalue weighted by atomic mass is 16.5. The molecule has 0 unspecified atom stereocenters. The van der Waals surface area contributed by atoms with E-state index >= 15 is 0 Å². The van der Waals surface area contributed by atoms with Crippen molar-refractivity contribution in [1.29, 1.82) is 0 Å². The molecule has 0 aliphatic carbocycles. The average molecular weight is 370 g/mol. The molecule has 2 rings (SSSR count). The van der Waals surface area contributed by atoms with Crippen LogP contribution in [0.5, 0.6) is 11.5 Å². The minimum absolute atomic E-state index is 0.0104. The topological polar surface area (TPSA) is 67.9 Å². The van der Waals surface area contributed by atoms with Crippen LogP contribution in [0.4, 0.5) is 5.69 Å². The standard InChI is InChI=1S/C21H26N2O4/c1-15-5-8-18(9-6-15)22-21(25)14-23(16(2)24)12-11-17-7-10-19(26-3)20(13-17)27-4/h5-10,13H,11-12,14H2,1-4H3,(H,22,25). The van der Waals surface area contributed by atoms with E-state index in [1.54, 1.807) is 14.2 Å². The monoisotopic (exact) mass is 370 g/mol. The molecule has 6 nitrogen and oxygen atoms in total. The molecule has 2 aromatic rings. The van der Waals surface area contributed by atoms with E-state index in [-0.39, 0.29) is 18.4 Å². The summed E-state index contributed by atoms with van der Waals surface area (Å²) in [4.78, 5) is 25.7. The maximum absolute atomic E-state index is 12.3. The number of anilines is 1. The maximum atomic E-state index is 12.3. The van der Waals surface area contributed by atoms with E-state index in [2.05, 4.69) is 5.32 Å². The van der Waals surface area contributed by atoms with Gasteiger partial charge in [-0.05, 0) is 43.2 Å². The van der Waals surface area contributed by atoms with Crippen molar-refractivity contribution in [3.8, 4) is 11.5 Å². The Morgan fingerprint density at radius 3 is 2.26 bits per heavy atom. The van der Waals surface area contributed by atoms with Gasteiger partial charge in [0.2, 0.25) is 11.8 Å². The van der Waals surface area contributed by atoms with Gasteiger partial charge in [-0.2, -0.15) is 0 Å². The zero-order valence-electron chi connectivity index (χ0n) is 16.2. The van der Waals surface area contributed by atoms with Crippen LogP contribution >= 0.6 is 0 Å². The lowest BCUT2D eigenvalue weighted by Gasteiger charge is -2.21. The van der Waals surface area contributed by atoms with Gasteiger partial charge in [0.25, 0.3) is 0 Å². The molecule has 6 heteroatoms. The molecule has 0 saturated heterocycles. The summed E-state index contributed by atoms with van der Waals surface area (Å²) in [5.74, 6) is 0.930. The molecular weight excluding hydrogens is 344 g/mol. The van der Waals surface area contributed by atoms with Crippen molar-refractivity contribution in [2.75, 3.05) is 32.6 Å². The number of hydrogen-bond donors (Lipinski definition) is 1. The van der Waals surface area contributed by atoms with Crippen LogP contribution in [0, 0.1) is 6.92 Å². The summed E-state index contributed by atoms with van der Waals surface area (Å²) in [6.45, 7) is 3.90. The van der Waals surface area contributed by atoms with Crippen LogP contribution in [0.1, 0.15) is 18.1 Å². The highest BCUT2D eigenvalue weighted by Crippen LogP contribution is 2.27. The maximum Gasteiger partial charge on any atom is 0.243 e. The van der Waals surface area contributed by atoms with Crippen LogP contribution in [0.25, 0.3) is 0 Å². The third-order valence-corrected chi connectivity index (χ3v) is 4.23. The van der Waals surface area contributed by atoms with Gasteiger partial charge in [0.05, 0.1) is 20.8 Å². The fraction of sp³-hybridized carbons (Fsp3) is 0.333. The van der Waals surface area contributed by atoms with Gasteiger partial charge in [-0.15, -0.1) is 0 Å². The minimum atomic E-state index is -0.221. The summed E-state index contributed by atoms with van der Waals surface area (Å²) in [5, 5.41) is 2.82. The van der Waals surface area contributed by atoms with Gasteiger partial charge in [0.15, 0.2) is 11.5 Å². The average Bonchev–Trinajstić information content (AvgIpc) is 2.66. The van der Waals surface area contributed by atoms with Crippen LogP contribution in [0.3, 0.4) is 0 Å². The summed E-state index contributed by atoms with van der Waals surface area (Å²) >= 11 is 0. The lowest BCUT2D eigenvalue weighted by molar-refractivity contribution is -0.132. The zero-order valence-corrected chi connectivity index (χ0v) is 16.2. The summed E-state index contributed by atoms with van der Waals surface area (Å²) in [7, 11) is 3.17. The fourth-order valence-corrected chi connectivity index (χ4v) is 2.66. The molecule has 2 amide bonds. The molecular formula is C21H26N2O4. The van der Waals surface area contributed by atoms with E-state index in [4.69, 9.17) is 9.47 Å². The molecule has 0 fully saturated rings. The molecule has 27 heavy (non-hydrogen) atoms. The lowest BCUT2D eigenvalue weighted by atomic mass is 10.1. The van der Waals surface area contributed by atoms with Crippen LogP contribution < -0.4 is 14.8 Å². The van der Waals surface area contributed by atoms with Gasteiger partial charge in [-0.25, -0.2) is 0 Å². The molecule has 1 N–H and O–H groups in total. The first-order valence-corrected chi connectivity index (χ1v) is 8.76. The summed E-state index contributed by atoms with van der Waals surface area (Å²) in [6, 6.07) is 13.2. The SMILES string of the molecule is COc1ccc(CCN(CC(=O)Nc2ccc(C)cc2)C(C)=O)cc1OC. The van der Waals surface area contributed by atoms with Crippen LogP contribution in [-0.4, -0.2) is 44.0 Å². The smallest absolute Gasteiger partial charge is 0.243 e. The van der Waals surface area contributed by atoms with E-state index < -0.39 is 0 Å². The Morgan fingerprint density at radius 1 is 1.00 bits per heavy atom. The van der Waals surface area contributed by atoms with Crippen molar-refractivity contribution < 1.29 is 19.1 Å². The lowest BCUT2D eigenvalue weighted by Crippen LogP contribution is -2.38. The number of ether oxygens (including phenoxy) is 2. The van der Waals surface area contributed by atoms with Crippen LogP contribution in [-0.2, 0) is 16.0 Å². The fourth-order valence-electron chi connectivity index (χ4n) is 2.66. The van der Waals surface area contributed by atoms with Crippen LogP contribution in [0.2, 0.25) is 0 Å².